The normalized spacial score (nSPS) is 11.3. The maximum Gasteiger partial charge on any atom is 0.356 e. The van der Waals surface area contributed by atoms with Crippen LogP contribution in [0.3, 0.4) is 0 Å². The highest BCUT2D eigenvalue weighted by Crippen LogP contribution is 2.25. The summed E-state index contributed by atoms with van der Waals surface area (Å²) >= 11 is 24.5. The highest BCUT2D eigenvalue weighted by molar-refractivity contribution is 6.75. The number of halogens is 5. The molecule has 0 fully saturated rings. The van der Waals surface area contributed by atoms with Crippen molar-refractivity contribution in [3.8, 4) is 0 Å². The fourth-order valence-electron chi connectivity index (χ4n) is 0. The SMILES string of the molecule is CC(Cl)(Cl)C(=O)O.O=C(O)C(Cl)(Cl)Cl. The van der Waals surface area contributed by atoms with E-state index in [2.05, 4.69) is 0 Å². The molecule has 4 nitrogen and oxygen atoms in total. The van der Waals surface area contributed by atoms with E-state index in [1.165, 1.54) is 6.92 Å². The lowest BCUT2D eigenvalue weighted by Gasteiger charge is -2.02. The molecule has 0 aromatic rings. The molecule has 0 bridgehead atoms. The van der Waals surface area contributed by atoms with Gasteiger partial charge in [-0.25, -0.2) is 9.59 Å². The molecular weight excluding hydrogens is 301 g/mol. The maximum absolute atomic E-state index is 9.76. The molecule has 0 aliphatic carbocycles. The quantitative estimate of drug-likeness (QED) is 0.730. The fraction of sp³-hybridized carbons (Fsp3) is 0.600. The molecule has 0 heterocycles. The Kier molecular flexibility index (Phi) is 7.30. The minimum absolute atomic E-state index is 1.19. The van der Waals surface area contributed by atoms with Gasteiger partial charge in [0.05, 0.1) is 0 Å². The Morgan fingerprint density at radius 1 is 0.929 bits per heavy atom. The smallest absolute Gasteiger partial charge is 0.356 e. The summed E-state index contributed by atoms with van der Waals surface area (Å²) in [4.78, 5) is 19.4. The molecule has 9 heteroatoms. The summed E-state index contributed by atoms with van der Waals surface area (Å²) in [6.45, 7) is 1.19. The molecule has 2 N–H and O–H groups in total. The van der Waals surface area contributed by atoms with E-state index < -0.39 is 20.1 Å². The van der Waals surface area contributed by atoms with Crippen molar-refractivity contribution in [3.05, 3.63) is 0 Å². The number of rotatable bonds is 1. The molecule has 0 aromatic heterocycles. The number of hydrogen-bond acceptors (Lipinski definition) is 2. The lowest BCUT2D eigenvalue weighted by Crippen LogP contribution is -2.19. The highest BCUT2D eigenvalue weighted by Gasteiger charge is 2.29. The Morgan fingerprint density at radius 2 is 1.07 bits per heavy atom. The van der Waals surface area contributed by atoms with E-state index in [1.54, 1.807) is 0 Å². The van der Waals surface area contributed by atoms with Crippen LogP contribution in [0.5, 0.6) is 0 Å². The van der Waals surface area contributed by atoms with Crippen molar-refractivity contribution >= 4 is 69.9 Å². The van der Waals surface area contributed by atoms with Crippen LogP contribution in [0.1, 0.15) is 6.92 Å². The van der Waals surface area contributed by atoms with E-state index in [0.717, 1.165) is 0 Å². The zero-order valence-electron chi connectivity index (χ0n) is 6.60. The third kappa shape index (κ3) is 10.5. The van der Waals surface area contributed by atoms with E-state index in [1.807, 2.05) is 0 Å². The van der Waals surface area contributed by atoms with Crippen LogP contribution >= 0.6 is 58.0 Å². The standard InChI is InChI=1S/C3H4Cl2O2.C2HCl3O2/c1-3(4,5)2(6)7;3-2(4,5)1(6)7/h1H3,(H,6,7);(H,6,7). The van der Waals surface area contributed by atoms with Crippen molar-refractivity contribution in [2.75, 3.05) is 0 Å². The summed E-state index contributed by atoms with van der Waals surface area (Å²) in [5.41, 5.74) is 0. The zero-order valence-corrected chi connectivity index (χ0v) is 10.4. The molecule has 0 aliphatic heterocycles. The van der Waals surface area contributed by atoms with Crippen molar-refractivity contribution in [2.45, 2.75) is 15.0 Å². The first-order valence-electron chi connectivity index (χ1n) is 2.80. The van der Waals surface area contributed by atoms with Gasteiger partial charge in [-0.3, -0.25) is 0 Å². The number of aliphatic carboxylic acids is 2. The number of carbonyl (C=O) groups is 2. The predicted octanol–water partition coefficient (Wildman–Crippen LogP) is 2.71. The minimum Gasteiger partial charge on any atom is -0.479 e. The first-order chi connectivity index (χ1) is 5.89. The van der Waals surface area contributed by atoms with Gasteiger partial charge in [0.1, 0.15) is 0 Å². The molecule has 0 saturated carbocycles. The third-order valence-electron chi connectivity index (χ3n) is 0.618. The van der Waals surface area contributed by atoms with Crippen LogP contribution in [0.2, 0.25) is 0 Å². The Bertz CT molecular complexity index is 191. The molecule has 0 saturated heterocycles. The van der Waals surface area contributed by atoms with Crippen LogP contribution in [0.25, 0.3) is 0 Å². The molecule has 0 aromatic carbocycles. The summed E-state index contributed by atoms with van der Waals surface area (Å²) in [5.74, 6) is -2.69. The van der Waals surface area contributed by atoms with Gasteiger partial charge in [0.25, 0.3) is 3.79 Å². The molecule has 0 atom stereocenters. The monoisotopic (exact) mass is 304 g/mol. The Morgan fingerprint density at radius 3 is 1.07 bits per heavy atom. The molecule has 0 unspecified atom stereocenters. The number of hydrogen-bond donors (Lipinski definition) is 2. The lowest BCUT2D eigenvalue weighted by atomic mass is 10.5. The molecule has 0 amide bonds. The second-order valence-corrected chi connectivity index (χ2v) is 5.98. The van der Waals surface area contributed by atoms with Gasteiger partial charge in [-0.05, 0) is 6.92 Å². The van der Waals surface area contributed by atoms with Gasteiger partial charge in [-0.2, -0.15) is 0 Å². The van der Waals surface area contributed by atoms with E-state index in [4.69, 9.17) is 68.2 Å². The molecule has 14 heavy (non-hydrogen) atoms. The molecule has 84 valence electrons. The predicted molar refractivity (Wildman–Crippen MR) is 55.7 cm³/mol. The van der Waals surface area contributed by atoms with Crippen LogP contribution in [0.4, 0.5) is 0 Å². The topological polar surface area (TPSA) is 74.6 Å². The summed E-state index contributed by atoms with van der Waals surface area (Å²) in [6.07, 6.45) is 0. The lowest BCUT2D eigenvalue weighted by molar-refractivity contribution is -0.137. The summed E-state index contributed by atoms with van der Waals surface area (Å²) in [6, 6.07) is 0. The molecular formula is C5H5Cl5O4. The van der Waals surface area contributed by atoms with Gasteiger partial charge in [0.15, 0.2) is 0 Å². The van der Waals surface area contributed by atoms with E-state index in [0.29, 0.717) is 0 Å². The largest absolute Gasteiger partial charge is 0.479 e. The Balaban J connectivity index is 0. The van der Waals surface area contributed by atoms with E-state index in [-0.39, 0.29) is 0 Å². The number of alkyl halides is 5. The third-order valence-corrected chi connectivity index (χ3v) is 1.43. The van der Waals surface area contributed by atoms with Gasteiger partial charge in [-0.15, -0.1) is 0 Å². The number of carboxylic acids is 2. The van der Waals surface area contributed by atoms with E-state index in [9.17, 15) is 9.59 Å². The molecule has 0 aliphatic rings. The summed E-state index contributed by atoms with van der Waals surface area (Å²) < 4.78 is -3.81. The van der Waals surface area contributed by atoms with Crippen LogP contribution in [-0.2, 0) is 9.59 Å². The molecule has 0 rings (SSSR count). The summed E-state index contributed by atoms with van der Waals surface area (Å²) in [5, 5.41) is 15.8. The highest BCUT2D eigenvalue weighted by atomic mass is 35.6. The van der Waals surface area contributed by atoms with E-state index >= 15 is 0 Å². The molecule has 0 radical (unpaired) electrons. The molecule has 0 spiro atoms. The Labute approximate surface area is 105 Å². The fourth-order valence-corrected chi connectivity index (χ4v) is 0. The van der Waals surface area contributed by atoms with Crippen LogP contribution in [-0.4, -0.2) is 30.3 Å². The average molecular weight is 306 g/mol. The van der Waals surface area contributed by atoms with Crippen molar-refractivity contribution in [1.29, 1.82) is 0 Å². The summed E-state index contributed by atoms with van der Waals surface area (Å²) in [7, 11) is 0. The van der Waals surface area contributed by atoms with Gasteiger partial charge in [-0.1, -0.05) is 58.0 Å². The Hall–Kier alpha value is 0.390. The van der Waals surface area contributed by atoms with Gasteiger partial charge in [0.2, 0.25) is 4.33 Å². The zero-order chi connectivity index (χ0) is 12.2. The second-order valence-electron chi connectivity index (χ2n) is 2.00. The minimum atomic E-state index is -2.17. The van der Waals surface area contributed by atoms with Gasteiger partial charge < -0.3 is 10.2 Å². The van der Waals surface area contributed by atoms with Crippen molar-refractivity contribution in [3.63, 3.8) is 0 Å². The van der Waals surface area contributed by atoms with Crippen molar-refractivity contribution < 1.29 is 19.8 Å². The van der Waals surface area contributed by atoms with Gasteiger partial charge in [0, 0.05) is 0 Å². The second kappa shape index (κ2) is 6.08. The first kappa shape index (κ1) is 16.8. The van der Waals surface area contributed by atoms with Crippen LogP contribution in [0, 0.1) is 0 Å². The van der Waals surface area contributed by atoms with Gasteiger partial charge >= 0.3 is 11.9 Å². The first-order valence-corrected chi connectivity index (χ1v) is 4.69. The van der Waals surface area contributed by atoms with Crippen LogP contribution < -0.4 is 0 Å². The maximum atomic E-state index is 9.76. The average Bonchev–Trinajstić information content (AvgIpc) is 1.83. The van der Waals surface area contributed by atoms with Crippen LogP contribution in [0.15, 0.2) is 0 Å². The van der Waals surface area contributed by atoms with Crippen molar-refractivity contribution in [2.24, 2.45) is 0 Å². The number of carboxylic acid groups (broad SMARTS) is 2. The van der Waals surface area contributed by atoms with Crippen molar-refractivity contribution in [1.82, 2.24) is 0 Å².